The lowest BCUT2D eigenvalue weighted by molar-refractivity contribution is -0.401. The number of thioether (sulfide) groups is 1. The first-order chi connectivity index (χ1) is 12.8. The summed E-state index contributed by atoms with van der Waals surface area (Å²) < 4.78 is 9.87. The molecule has 150 valence electrons. The molecule has 1 aliphatic heterocycles. The zero-order valence-electron chi connectivity index (χ0n) is 14.3. The first-order valence-corrected chi connectivity index (χ1v) is 9.14. The van der Waals surface area contributed by atoms with Crippen LogP contribution in [0.1, 0.15) is 0 Å². The number of anilines is 1. The van der Waals surface area contributed by atoms with E-state index in [2.05, 4.69) is 11.1 Å². The van der Waals surface area contributed by atoms with Gasteiger partial charge in [-0.15, -0.1) is 0 Å². The highest BCUT2D eigenvalue weighted by atomic mass is 32.2. The van der Waals surface area contributed by atoms with Gasteiger partial charge in [-0.1, -0.05) is 30.0 Å². The molecule has 2 rings (SSSR count). The second-order valence-electron chi connectivity index (χ2n) is 5.95. The quantitative estimate of drug-likeness (QED) is 0.291. The molecule has 1 aromatic rings. The van der Waals surface area contributed by atoms with Crippen molar-refractivity contribution in [1.29, 1.82) is 0 Å². The molecule has 1 saturated heterocycles. The predicted octanol–water partition coefficient (Wildman–Crippen LogP) is -2.09. The zero-order chi connectivity index (χ0) is 20.0. The fourth-order valence-electron chi connectivity index (χ4n) is 2.27. The number of ether oxygens (including phenoxy) is 2. The van der Waals surface area contributed by atoms with E-state index >= 15 is 0 Å². The Hall–Kier alpha value is -1.73. The van der Waals surface area contributed by atoms with Crippen molar-refractivity contribution in [1.82, 2.24) is 0 Å². The van der Waals surface area contributed by atoms with Gasteiger partial charge in [0, 0.05) is 5.69 Å². The van der Waals surface area contributed by atoms with Crippen LogP contribution in [0.3, 0.4) is 0 Å². The molecule has 27 heavy (non-hydrogen) atoms. The van der Waals surface area contributed by atoms with Crippen LogP contribution >= 0.6 is 11.8 Å². The molecular formula is C16H23N2O8S+. The molecule has 1 heterocycles. The zero-order valence-corrected chi connectivity index (χ0v) is 15.1. The molecule has 6 atom stereocenters. The van der Waals surface area contributed by atoms with Crippen molar-refractivity contribution < 1.29 is 45.2 Å². The standard InChI is InChI=1S/C16H22N2O8S/c17-9(7-27-16(24)18-8-4-2-1-3-5-8)14(22)25-6-10-11(19)12(20)13(21)15(23)26-10/h1-5,9-13,15,19-21,23H,6-7,17H2,(H,18,24)/p+1/t9-,10+,11+,12-,13+,15-/m1/s1. The third-order valence-electron chi connectivity index (χ3n) is 3.85. The van der Waals surface area contributed by atoms with Gasteiger partial charge in [-0.2, -0.15) is 0 Å². The van der Waals surface area contributed by atoms with Gasteiger partial charge in [0.05, 0.1) is 5.75 Å². The summed E-state index contributed by atoms with van der Waals surface area (Å²) in [6, 6.07) is 7.95. The largest absolute Gasteiger partial charge is 0.458 e. The third-order valence-corrected chi connectivity index (χ3v) is 4.78. The Morgan fingerprint density at radius 1 is 1.15 bits per heavy atom. The van der Waals surface area contributed by atoms with Crippen molar-refractivity contribution in [2.45, 2.75) is 36.7 Å². The Kier molecular flexibility index (Phi) is 7.98. The molecule has 10 nitrogen and oxygen atoms in total. The van der Waals surface area contributed by atoms with E-state index in [0.717, 1.165) is 11.8 Å². The van der Waals surface area contributed by atoms with E-state index in [1.165, 1.54) is 0 Å². The van der Waals surface area contributed by atoms with Crippen molar-refractivity contribution in [2.24, 2.45) is 0 Å². The van der Waals surface area contributed by atoms with Gasteiger partial charge in [0.15, 0.2) is 12.3 Å². The van der Waals surface area contributed by atoms with Crippen LogP contribution in [-0.4, -0.2) is 80.7 Å². The number of hydrogen-bond donors (Lipinski definition) is 6. The van der Waals surface area contributed by atoms with Gasteiger partial charge in [0.1, 0.15) is 31.0 Å². The van der Waals surface area contributed by atoms with Crippen LogP contribution in [0.15, 0.2) is 30.3 Å². The van der Waals surface area contributed by atoms with Crippen molar-refractivity contribution in [3.63, 3.8) is 0 Å². The van der Waals surface area contributed by atoms with Crippen molar-refractivity contribution in [2.75, 3.05) is 17.7 Å². The van der Waals surface area contributed by atoms with Crippen LogP contribution < -0.4 is 11.1 Å². The lowest BCUT2D eigenvalue weighted by Gasteiger charge is -2.37. The number of amides is 1. The number of aliphatic hydroxyl groups excluding tert-OH is 4. The van der Waals surface area contributed by atoms with E-state index in [1.54, 1.807) is 24.3 Å². The number of quaternary nitrogens is 1. The molecule has 1 fully saturated rings. The molecular weight excluding hydrogens is 380 g/mol. The minimum absolute atomic E-state index is 0.0650. The summed E-state index contributed by atoms with van der Waals surface area (Å²) in [4.78, 5) is 23.8. The lowest BCUT2D eigenvalue weighted by Crippen LogP contribution is -2.67. The smallest absolute Gasteiger partial charge is 0.365 e. The average Bonchev–Trinajstić information content (AvgIpc) is 2.66. The monoisotopic (exact) mass is 403 g/mol. The Labute approximate surface area is 159 Å². The molecule has 1 aliphatic rings. The molecule has 0 bridgehead atoms. The Morgan fingerprint density at radius 2 is 1.81 bits per heavy atom. The maximum atomic E-state index is 11.9. The number of hydrogen-bond acceptors (Lipinski definition) is 9. The molecule has 0 aliphatic carbocycles. The van der Waals surface area contributed by atoms with Crippen molar-refractivity contribution >= 4 is 28.7 Å². The summed E-state index contributed by atoms with van der Waals surface area (Å²) in [6.45, 7) is -0.451. The van der Waals surface area contributed by atoms with Crippen molar-refractivity contribution in [3.8, 4) is 0 Å². The summed E-state index contributed by atoms with van der Waals surface area (Å²) in [5.74, 6) is -0.670. The number of nitrogens with one attached hydrogen (secondary N) is 1. The minimum atomic E-state index is -1.71. The molecule has 11 heteroatoms. The molecule has 0 saturated carbocycles. The number of carbonyl (C=O) groups is 2. The van der Waals surface area contributed by atoms with E-state index < -0.39 is 49.3 Å². The van der Waals surface area contributed by atoms with Crippen LogP contribution in [0.25, 0.3) is 0 Å². The Bertz CT molecular complexity index is 634. The molecule has 0 spiro atoms. The lowest BCUT2D eigenvalue weighted by atomic mass is 9.99. The average molecular weight is 403 g/mol. The molecule has 0 unspecified atom stereocenters. The number of benzene rings is 1. The predicted molar refractivity (Wildman–Crippen MR) is 94.5 cm³/mol. The van der Waals surface area contributed by atoms with Crippen LogP contribution in [0.5, 0.6) is 0 Å². The third kappa shape index (κ3) is 6.14. The Morgan fingerprint density at radius 3 is 2.48 bits per heavy atom. The van der Waals surface area contributed by atoms with E-state index in [9.17, 15) is 30.0 Å². The summed E-state index contributed by atoms with van der Waals surface area (Å²) in [6.07, 6.45) is -7.74. The number of esters is 1. The highest BCUT2D eigenvalue weighted by Crippen LogP contribution is 2.20. The van der Waals surface area contributed by atoms with Crippen LogP contribution in [0.2, 0.25) is 0 Å². The summed E-state index contributed by atoms with van der Waals surface area (Å²) in [5, 5.41) is 40.5. The van der Waals surface area contributed by atoms with Crippen molar-refractivity contribution in [3.05, 3.63) is 30.3 Å². The van der Waals surface area contributed by atoms with E-state index in [-0.39, 0.29) is 11.0 Å². The second-order valence-corrected chi connectivity index (χ2v) is 6.95. The maximum Gasteiger partial charge on any atom is 0.365 e. The number of aliphatic hydroxyl groups is 4. The fraction of sp³-hybridized carbons (Fsp3) is 0.500. The normalized spacial score (nSPS) is 29.0. The minimum Gasteiger partial charge on any atom is -0.458 e. The summed E-state index contributed by atoms with van der Waals surface area (Å²) in [5.41, 5.74) is 4.25. The van der Waals surface area contributed by atoms with E-state index in [4.69, 9.17) is 9.47 Å². The highest BCUT2D eigenvalue weighted by Gasteiger charge is 2.43. The molecule has 0 aromatic heterocycles. The molecule has 1 amide bonds. The first kappa shape index (κ1) is 21.6. The molecule has 0 radical (unpaired) electrons. The van der Waals surface area contributed by atoms with Crippen LogP contribution in [0.4, 0.5) is 10.5 Å². The van der Waals surface area contributed by atoms with Gasteiger partial charge < -0.3 is 41.0 Å². The number of carbonyl (C=O) groups excluding carboxylic acids is 2. The van der Waals surface area contributed by atoms with E-state index in [1.807, 2.05) is 6.07 Å². The van der Waals surface area contributed by atoms with Crippen LogP contribution in [-0.2, 0) is 14.3 Å². The molecule has 8 N–H and O–H groups in total. The van der Waals surface area contributed by atoms with Gasteiger partial charge in [-0.05, 0) is 12.1 Å². The second kappa shape index (κ2) is 9.99. The number of rotatable bonds is 6. The van der Waals surface area contributed by atoms with Gasteiger partial charge >= 0.3 is 5.97 Å². The highest BCUT2D eigenvalue weighted by molar-refractivity contribution is 8.13. The van der Waals surface area contributed by atoms with E-state index in [0.29, 0.717) is 5.69 Å². The van der Waals surface area contributed by atoms with Gasteiger partial charge in [0.2, 0.25) is 0 Å². The van der Waals surface area contributed by atoms with Gasteiger partial charge in [0.25, 0.3) is 5.24 Å². The SMILES string of the molecule is [NH3+][C@H](CSC(=O)Nc1ccccc1)C(=O)OC[C@@H]1O[C@@H](O)[C@@H](O)[C@H](O)[C@H]1O. The summed E-state index contributed by atoms with van der Waals surface area (Å²) >= 11 is 0.864. The number of para-hydroxylation sites is 1. The topological polar surface area (TPSA) is 173 Å². The summed E-state index contributed by atoms with van der Waals surface area (Å²) in [7, 11) is 0. The molecule has 1 aromatic carbocycles. The Balaban J connectivity index is 1.73. The van der Waals surface area contributed by atoms with Gasteiger partial charge in [-0.3, -0.25) is 4.79 Å². The first-order valence-electron chi connectivity index (χ1n) is 8.16. The maximum absolute atomic E-state index is 11.9. The van der Waals surface area contributed by atoms with Crippen LogP contribution in [0, 0.1) is 0 Å². The fourth-order valence-corrected chi connectivity index (χ4v) is 2.95. The van der Waals surface area contributed by atoms with Gasteiger partial charge in [-0.25, -0.2) is 4.79 Å².